The highest BCUT2D eigenvalue weighted by atomic mass is 16.5. The molecule has 3 rings (SSSR count). The van der Waals surface area contributed by atoms with Crippen molar-refractivity contribution in [2.45, 2.75) is 33.7 Å². The second-order valence-corrected chi connectivity index (χ2v) is 6.76. The van der Waals surface area contributed by atoms with E-state index in [1.165, 1.54) is 0 Å². The van der Waals surface area contributed by atoms with Gasteiger partial charge in [-0.05, 0) is 51.5 Å². The maximum Gasteiger partial charge on any atom is 0.255 e. The van der Waals surface area contributed by atoms with Gasteiger partial charge in [0.1, 0.15) is 5.75 Å². The Hall–Kier alpha value is -2.89. The van der Waals surface area contributed by atoms with Gasteiger partial charge in [0.2, 0.25) is 0 Å². The Balaban J connectivity index is 2.06. The second kappa shape index (κ2) is 7.39. The summed E-state index contributed by atoms with van der Waals surface area (Å²) in [7, 11) is 3.50. The molecular formula is C21H26N4O2. The van der Waals surface area contributed by atoms with E-state index in [1.54, 1.807) is 11.8 Å². The van der Waals surface area contributed by atoms with Gasteiger partial charge in [0, 0.05) is 19.3 Å². The van der Waals surface area contributed by atoms with Crippen LogP contribution >= 0.6 is 0 Å². The molecule has 0 saturated carbocycles. The van der Waals surface area contributed by atoms with Crippen molar-refractivity contribution in [3.05, 3.63) is 52.8 Å². The number of pyridine rings is 1. The van der Waals surface area contributed by atoms with Gasteiger partial charge in [-0.3, -0.25) is 9.48 Å². The molecule has 0 aliphatic heterocycles. The molecular weight excluding hydrogens is 340 g/mol. The molecule has 3 aromatic rings. The minimum atomic E-state index is -0.0851. The zero-order valence-electron chi connectivity index (χ0n) is 16.8. The number of nitrogens with zero attached hydrogens (tertiary/aromatic N) is 4. The molecule has 0 bridgehead atoms. The molecule has 1 amide bonds. The summed E-state index contributed by atoms with van der Waals surface area (Å²) in [6, 6.07) is 9.62. The number of hydrogen-bond acceptors (Lipinski definition) is 4. The van der Waals surface area contributed by atoms with Crippen molar-refractivity contribution in [3.8, 4) is 5.75 Å². The summed E-state index contributed by atoms with van der Waals surface area (Å²) >= 11 is 0. The first-order valence-corrected chi connectivity index (χ1v) is 9.13. The quantitative estimate of drug-likeness (QED) is 0.689. The van der Waals surface area contributed by atoms with Crippen molar-refractivity contribution in [2.24, 2.45) is 7.05 Å². The Morgan fingerprint density at radius 3 is 2.70 bits per heavy atom. The normalized spacial score (nSPS) is 12.2. The van der Waals surface area contributed by atoms with E-state index in [4.69, 9.17) is 4.74 Å². The molecule has 142 valence electrons. The third-order valence-electron chi connectivity index (χ3n) is 4.97. The van der Waals surface area contributed by atoms with E-state index in [0.29, 0.717) is 12.1 Å². The Bertz CT molecular complexity index is 993. The Morgan fingerprint density at radius 2 is 2.04 bits per heavy atom. The van der Waals surface area contributed by atoms with Gasteiger partial charge in [-0.25, -0.2) is 4.98 Å². The average Bonchev–Trinajstić information content (AvgIpc) is 2.95. The molecule has 0 saturated heterocycles. The molecule has 1 aromatic carbocycles. The van der Waals surface area contributed by atoms with Gasteiger partial charge in [0.15, 0.2) is 5.65 Å². The van der Waals surface area contributed by atoms with Crippen LogP contribution in [0.5, 0.6) is 5.75 Å². The van der Waals surface area contributed by atoms with Crippen molar-refractivity contribution in [1.29, 1.82) is 0 Å². The highest BCUT2D eigenvalue weighted by molar-refractivity contribution is 6.06. The molecule has 0 spiro atoms. The SMILES string of the molecule is CCN(C(=O)c1cc(C)nc2c1c(C)nn2C)C(C)c1cccc(OC)c1. The number of fused-ring (bicyclic) bond motifs is 1. The lowest BCUT2D eigenvalue weighted by Gasteiger charge is -2.29. The van der Waals surface area contributed by atoms with Gasteiger partial charge in [0.05, 0.1) is 29.8 Å². The van der Waals surface area contributed by atoms with Crippen LogP contribution < -0.4 is 4.74 Å². The third-order valence-corrected chi connectivity index (χ3v) is 4.97. The van der Waals surface area contributed by atoms with E-state index < -0.39 is 0 Å². The number of carbonyl (C=O) groups is 1. The fourth-order valence-electron chi connectivity index (χ4n) is 3.57. The van der Waals surface area contributed by atoms with Crippen LogP contribution in [0.4, 0.5) is 0 Å². The topological polar surface area (TPSA) is 60.2 Å². The Kier molecular flexibility index (Phi) is 5.17. The molecule has 0 aliphatic carbocycles. The number of benzene rings is 1. The molecule has 6 heteroatoms. The third kappa shape index (κ3) is 3.39. The van der Waals surface area contributed by atoms with Crippen molar-refractivity contribution in [3.63, 3.8) is 0 Å². The first-order valence-electron chi connectivity index (χ1n) is 9.13. The summed E-state index contributed by atoms with van der Waals surface area (Å²) in [5, 5.41) is 5.28. The van der Waals surface area contributed by atoms with Crippen molar-refractivity contribution >= 4 is 16.9 Å². The lowest BCUT2D eigenvalue weighted by molar-refractivity contribution is 0.0704. The van der Waals surface area contributed by atoms with Gasteiger partial charge in [-0.1, -0.05) is 12.1 Å². The van der Waals surface area contributed by atoms with E-state index in [1.807, 2.05) is 70.0 Å². The molecule has 2 aromatic heterocycles. The number of rotatable bonds is 5. The van der Waals surface area contributed by atoms with Gasteiger partial charge in [-0.15, -0.1) is 0 Å². The van der Waals surface area contributed by atoms with Crippen molar-refractivity contribution in [2.75, 3.05) is 13.7 Å². The zero-order chi connectivity index (χ0) is 19.7. The fourth-order valence-corrected chi connectivity index (χ4v) is 3.57. The van der Waals surface area contributed by atoms with E-state index in [2.05, 4.69) is 10.1 Å². The van der Waals surface area contributed by atoms with Crippen LogP contribution in [0, 0.1) is 13.8 Å². The van der Waals surface area contributed by atoms with Crippen LogP contribution in [-0.2, 0) is 7.05 Å². The molecule has 0 radical (unpaired) electrons. The number of hydrogen-bond donors (Lipinski definition) is 0. The lowest BCUT2D eigenvalue weighted by Crippen LogP contribution is -2.33. The van der Waals surface area contributed by atoms with E-state index in [0.717, 1.165) is 33.7 Å². The minimum Gasteiger partial charge on any atom is -0.497 e. The molecule has 0 N–H and O–H groups in total. The van der Waals surface area contributed by atoms with Gasteiger partial charge in [0.25, 0.3) is 5.91 Å². The maximum absolute atomic E-state index is 13.5. The smallest absolute Gasteiger partial charge is 0.255 e. The van der Waals surface area contributed by atoms with E-state index >= 15 is 0 Å². The predicted molar refractivity (Wildman–Crippen MR) is 106 cm³/mol. The van der Waals surface area contributed by atoms with Gasteiger partial charge >= 0.3 is 0 Å². The summed E-state index contributed by atoms with van der Waals surface area (Å²) < 4.78 is 7.07. The Labute approximate surface area is 159 Å². The van der Waals surface area contributed by atoms with Crippen molar-refractivity contribution in [1.82, 2.24) is 19.7 Å². The van der Waals surface area contributed by atoms with Crippen LogP contribution in [0.25, 0.3) is 11.0 Å². The molecule has 1 unspecified atom stereocenters. The number of ether oxygens (including phenoxy) is 1. The number of methoxy groups -OCH3 is 1. The van der Waals surface area contributed by atoms with Crippen LogP contribution in [0.1, 0.15) is 47.2 Å². The van der Waals surface area contributed by atoms with Crippen molar-refractivity contribution < 1.29 is 9.53 Å². The minimum absolute atomic E-state index is 0.0144. The number of amides is 1. The van der Waals surface area contributed by atoms with Crippen LogP contribution in [0.3, 0.4) is 0 Å². The molecule has 2 heterocycles. The molecule has 0 aliphatic rings. The standard InChI is InChI=1S/C21H26N4O2/c1-7-25(15(4)16-9-8-10-17(12-16)27-6)21(26)18-11-13(2)22-20-19(18)14(3)23-24(20)5/h8-12,15H,7H2,1-6H3. The fraction of sp³-hybridized carbons (Fsp3) is 0.381. The maximum atomic E-state index is 13.5. The summed E-state index contributed by atoms with van der Waals surface area (Å²) in [5.41, 5.74) is 4.04. The summed E-state index contributed by atoms with van der Waals surface area (Å²) in [6.07, 6.45) is 0. The first kappa shape index (κ1) is 18.9. The molecule has 6 nitrogen and oxygen atoms in total. The van der Waals surface area contributed by atoms with Crippen LogP contribution in [0.2, 0.25) is 0 Å². The van der Waals surface area contributed by atoms with Crippen LogP contribution in [0.15, 0.2) is 30.3 Å². The van der Waals surface area contributed by atoms with E-state index in [-0.39, 0.29) is 11.9 Å². The summed E-state index contributed by atoms with van der Waals surface area (Å²) in [5.74, 6) is 0.771. The van der Waals surface area contributed by atoms with Gasteiger partial charge < -0.3 is 9.64 Å². The average molecular weight is 366 g/mol. The molecule has 27 heavy (non-hydrogen) atoms. The summed E-state index contributed by atoms with van der Waals surface area (Å²) in [6.45, 7) is 8.45. The number of carbonyl (C=O) groups excluding carboxylic acids is 1. The zero-order valence-corrected chi connectivity index (χ0v) is 16.8. The number of aromatic nitrogens is 3. The van der Waals surface area contributed by atoms with Gasteiger partial charge in [-0.2, -0.15) is 5.10 Å². The van der Waals surface area contributed by atoms with Crippen LogP contribution in [-0.4, -0.2) is 39.2 Å². The monoisotopic (exact) mass is 366 g/mol. The lowest BCUT2D eigenvalue weighted by atomic mass is 10.0. The predicted octanol–water partition coefficient (Wildman–Crippen LogP) is 3.82. The Morgan fingerprint density at radius 1 is 1.30 bits per heavy atom. The van der Waals surface area contributed by atoms with E-state index in [9.17, 15) is 4.79 Å². The molecule has 1 atom stereocenters. The molecule has 0 fully saturated rings. The number of aryl methyl sites for hydroxylation is 3. The highest BCUT2D eigenvalue weighted by Crippen LogP contribution is 2.28. The largest absolute Gasteiger partial charge is 0.497 e. The summed E-state index contributed by atoms with van der Waals surface area (Å²) in [4.78, 5) is 19.9. The second-order valence-electron chi connectivity index (χ2n) is 6.76. The first-order chi connectivity index (χ1) is 12.9. The highest BCUT2D eigenvalue weighted by Gasteiger charge is 2.25.